The molecule has 3 heteroatoms. The zero-order chi connectivity index (χ0) is 12.4. The summed E-state index contributed by atoms with van der Waals surface area (Å²) in [6.45, 7) is 4.39. The van der Waals surface area contributed by atoms with Crippen LogP contribution in [0, 0.1) is 11.3 Å². The highest BCUT2D eigenvalue weighted by Crippen LogP contribution is 2.40. The molecule has 2 aliphatic heterocycles. The van der Waals surface area contributed by atoms with Crippen molar-refractivity contribution in [3.05, 3.63) is 0 Å². The molecule has 2 heterocycles. The van der Waals surface area contributed by atoms with Crippen LogP contribution in [0.1, 0.15) is 51.4 Å². The fraction of sp³-hybridized carbons (Fsp3) is 0.933. The van der Waals surface area contributed by atoms with Crippen molar-refractivity contribution < 1.29 is 4.79 Å². The molecule has 3 rings (SSSR count). The largest absolute Gasteiger partial charge is 0.343 e. The number of likely N-dealkylation sites (tertiary alicyclic amines) is 1. The number of carbonyl (C=O) groups excluding carboxylic acids is 1. The second-order valence-electron chi connectivity index (χ2n) is 6.63. The van der Waals surface area contributed by atoms with E-state index in [9.17, 15) is 4.79 Å². The van der Waals surface area contributed by atoms with E-state index in [0.29, 0.717) is 17.2 Å². The van der Waals surface area contributed by atoms with Crippen LogP contribution in [-0.4, -0.2) is 37.0 Å². The molecule has 1 amide bonds. The maximum absolute atomic E-state index is 12.2. The van der Waals surface area contributed by atoms with Gasteiger partial charge in [-0.3, -0.25) is 4.79 Å². The molecule has 3 aliphatic rings. The summed E-state index contributed by atoms with van der Waals surface area (Å²) >= 11 is 0. The van der Waals surface area contributed by atoms with E-state index in [4.69, 9.17) is 0 Å². The minimum absolute atomic E-state index is 0.434. The summed E-state index contributed by atoms with van der Waals surface area (Å²) < 4.78 is 0. The minimum atomic E-state index is 0.434. The van der Waals surface area contributed by atoms with Crippen LogP contribution in [0.4, 0.5) is 0 Å². The first-order valence-electron chi connectivity index (χ1n) is 7.76. The smallest absolute Gasteiger partial charge is 0.222 e. The van der Waals surface area contributed by atoms with Crippen molar-refractivity contribution in [1.29, 1.82) is 0 Å². The molecule has 0 aromatic rings. The van der Waals surface area contributed by atoms with Crippen LogP contribution in [0.3, 0.4) is 0 Å². The molecule has 2 saturated heterocycles. The van der Waals surface area contributed by atoms with Gasteiger partial charge in [-0.05, 0) is 62.9 Å². The Morgan fingerprint density at radius 1 is 1.11 bits per heavy atom. The first-order chi connectivity index (χ1) is 8.77. The molecule has 1 N–H and O–H groups in total. The summed E-state index contributed by atoms with van der Waals surface area (Å²) in [6, 6.07) is 0. The lowest BCUT2D eigenvalue weighted by molar-refractivity contribution is -0.135. The Kier molecular flexibility index (Phi) is 3.60. The van der Waals surface area contributed by atoms with Crippen LogP contribution in [0.2, 0.25) is 0 Å². The number of nitrogens with one attached hydrogen (secondary N) is 1. The number of nitrogens with zero attached hydrogens (tertiary/aromatic N) is 1. The molecular formula is C15H26N2O. The van der Waals surface area contributed by atoms with Gasteiger partial charge >= 0.3 is 0 Å². The van der Waals surface area contributed by atoms with E-state index in [0.717, 1.165) is 19.5 Å². The Labute approximate surface area is 110 Å². The van der Waals surface area contributed by atoms with Gasteiger partial charge in [-0.25, -0.2) is 0 Å². The number of carbonyl (C=O) groups is 1. The monoisotopic (exact) mass is 250 g/mol. The van der Waals surface area contributed by atoms with Crippen LogP contribution in [0.15, 0.2) is 0 Å². The molecule has 3 nitrogen and oxygen atoms in total. The zero-order valence-corrected chi connectivity index (χ0v) is 11.4. The third-order valence-electron chi connectivity index (χ3n) is 5.53. The molecule has 102 valence electrons. The third kappa shape index (κ3) is 2.56. The van der Waals surface area contributed by atoms with E-state index in [-0.39, 0.29) is 0 Å². The van der Waals surface area contributed by atoms with Crippen molar-refractivity contribution in [2.75, 3.05) is 26.2 Å². The molecule has 0 aromatic heterocycles. The van der Waals surface area contributed by atoms with Crippen molar-refractivity contribution in [2.45, 2.75) is 51.4 Å². The quantitative estimate of drug-likeness (QED) is 0.814. The average molecular weight is 250 g/mol. The van der Waals surface area contributed by atoms with E-state index in [1.807, 2.05) is 0 Å². The van der Waals surface area contributed by atoms with Gasteiger partial charge in [-0.2, -0.15) is 0 Å². The number of rotatable bonds is 2. The van der Waals surface area contributed by atoms with Gasteiger partial charge in [-0.1, -0.05) is 6.42 Å². The first kappa shape index (κ1) is 12.5. The molecular weight excluding hydrogens is 224 g/mol. The average Bonchev–Trinajstić information content (AvgIpc) is 2.35. The molecule has 3 fully saturated rings. The second-order valence-corrected chi connectivity index (χ2v) is 6.63. The van der Waals surface area contributed by atoms with E-state index >= 15 is 0 Å². The van der Waals surface area contributed by atoms with Crippen LogP contribution in [0.25, 0.3) is 0 Å². The van der Waals surface area contributed by atoms with Gasteiger partial charge in [-0.15, -0.1) is 0 Å². The molecule has 0 unspecified atom stereocenters. The normalized spacial score (nSPS) is 28.1. The Bertz CT molecular complexity index is 296. The van der Waals surface area contributed by atoms with Crippen LogP contribution in [0.5, 0.6) is 0 Å². The maximum Gasteiger partial charge on any atom is 0.222 e. The van der Waals surface area contributed by atoms with Crippen LogP contribution in [-0.2, 0) is 4.79 Å². The summed E-state index contributed by atoms with van der Waals surface area (Å²) in [7, 11) is 0. The Balaban J connectivity index is 1.48. The number of hydrogen-bond acceptors (Lipinski definition) is 2. The molecule has 0 radical (unpaired) electrons. The highest BCUT2D eigenvalue weighted by molar-refractivity contribution is 5.76. The molecule has 18 heavy (non-hydrogen) atoms. The second kappa shape index (κ2) is 5.20. The number of piperidine rings is 2. The number of amides is 1. The van der Waals surface area contributed by atoms with Gasteiger partial charge in [0, 0.05) is 19.5 Å². The topological polar surface area (TPSA) is 32.3 Å². The molecule has 0 aromatic carbocycles. The van der Waals surface area contributed by atoms with Crippen molar-refractivity contribution in [3.63, 3.8) is 0 Å². The summed E-state index contributed by atoms with van der Waals surface area (Å²) in [5.74, 6) is 1.15. The Morgan fingerprint density at radius 2 is 1.78 bits per heavy atom. The summed E-state index contributed by atoms with van der Waals surface area (Å²) in [4.78, 5) is 14.3. The third-order valence-corrected chi connectivity index (χ3v) is 5.53. The van der Waals surface area contributed by atoms with Gasteiger partial charge in [0.15, 0.2) is 0 Å². The van der Waals surface area contributed by atoms with Crippen molar-refractivity contribution in [1.82, 2.24) is 10.2 Å². The lowest BCUT2D eigenvalue weighted by Gasteiger charge is -2.44. The Morgan fingerprint density at radius 3 is 2.33 bits per heavy atom. The predicted octanol–water partition coefficient (Wildman–Crippen LogP) is 2.17. The van der Waals surface area contributed by atoms with E-state index < -0.39 is 0 Å². The fourth-order valence-corrected chi connectivity index (χ4v) is 3.76. The fourth-order valence-electron chi connectivity index (χ4n) is 3.76. The zero-order valence-electron chi connectivity index (χ0n) is 11.4. The standard InChI is InChI=1S/C15H26N2O/c18-14(12-13-2-1-3-13)17-10-6-15(7-11-17)4-8-16-9-5-15/h13,16H,1-12H2. The summed E-state index contributed by atoms with van der Waals surface area (Å²) in [6.07, 6.45) is 9.86. The lowest BCUT2D eigenvalue weighted by Crippen LogP contribution is -2.47. The van der Waals surface area contributed by atoms with Gasteiger partial charge < -0.3 is 10.2 Å². The van der Waals surface area contributed by atoms with Gasteiger partial charge in [0.05, 0.1) is 0 Å². The Hall–Kier alpha value is -0.570. The van der Waals surface area contributed by atoms with E-state index in [1.165, 1.54) is 58.0 Å². The maximum atomic E-state index is 12.2. The molecule has 1 spiro atoms. The minimum Gasteiger partial charge on any atom is -0.343 e. The van der Waals surface area contributed by atoms with Gasteiger partial charge in [0.1, 0.15) is 0 Å². The molecule has 1 saturated carbocycles. The van der Waals surface area contributed by atoms with Crippen molar-refractivity contribution >= 4 is 5.91 Å². The van der Waals surface area contributed by atoms with Crippen LogP contribution >= 0.6 is 0 Å². The lowest BCUT2D eigenvalue weighted by atomic mass is 9.71. The molecule has 1 aliphatic carbocycles. The highest BCUT2D eigenvalue weighted by Gasteiger charge is 2.37. The van der Waals surface area contributed by atoms with Crippen LogP contribution < -0.4 is 5.32 Å². The SMILES string of the molecule is O=C(CC1CCC1)N1CCC2(CCNCC2)CC1. The highest BCUT2D eigenvalue weighted by atomic mass is 16.2. The molecule has 0 atom stereocenters. The predicted molar refractivity (Wildman–Crippen MR) is 72.3 cm³/mol. The molecule has 0 bridgehead atoms. The number of hydrogen-bond donors (Lipinski definition) is 1. The van der Waals surface area contributed by atoms with E-state index in [1.54, 1.807) is 0 Å². The van der Waals surface area contributed by atoms with Gasteiger partial charge in [0.25, 0.3) is 0 Å². The first-order valence-corrected chi connectivity index (χ1v) is 7.76. The summed E-state index contributed by atoms with van der Waals surface area (Å²) in [5.41, 5.74) is 0.568. The van der Waals surface area contributed by atoms with E-state index in [2.05, 4.69) is 10.2 Å². The summed E-state index contributed by atoms with van der Waals surface area (Å²) in [5, 5.41) is 3.45. The van der Waals surface area contributed by atoms with Crippen molar-refractivity contribution in [3.8, 4) is 0 Å². The van der Waals surface area contributed by atoms with Crippen molar-refractivity contribution in [2.24, 2.45) is 11.3 Å². The van der Waals surface area contributed by atoms with Gasteiger partial charge in [0.2, 0.25) is 5.91 Å².